The van der Waals surface area contributed by atoms with Crippen LogP contribution in [0.5, 0.6) is 11.7 Å². The monoisotopic (exact) mass is 284 g/mol. The highest BCUT2D eigenvalue weighted by atomic mass is 16.6. The van der Waals surface area contributed by atoms with Gasteiger partial charge in [-0.1, -0.05) is 18.2 Å². The van der Waals surface area contributed by atoms with E-state index in [9.17, 15) is 0 Å². The summed E-state index contributed by atoms with van der Waals surface area (Å²) < 4.78 is 12.9. The van der Waals surface area contributed by atoms with Gasteiger partial charge in [0.25, 0.3) is 5.95 Å². The van der Waals surface area contributed by atoms with Gasteiger partial charge in [0, 0.05) is 13.1 Å². The van der Waals surface area contributed by atoms with Crippen molar-refractivity contribution in [3.63, 3.8) is 0 Å². The molecule has 0 unspecified atom stereocenters. The van der Waals surface area contributed by atoms with Gasteiger partial charge < -0.3 is 14.5 Å². The van der Waals surface area contributed by atoms with Crippen LogP contribution in [0.3, 0.4) is 0 Å². The van der Waals surface area contributed by atoms with Crippen molar-refractivity contribution < 1.29 is 9.15 Å². The number of aryl methyl sites for hydroxylation is 2. The maximum Gasteiger partial charge on any atom is 0.290 e. The lowest BCUT2D eigenvalue weighted by Crippen LogP contribution is -2.04. The predicted octanol–water partition coefficient (Wildman–Crippen LogP) is 3.12. The quantitative estimate of drug-likeness (QED) is 0.779. The van der Waals surface area contributed by atoms with Gasteiger partial charge in [-0.15, -0.1) is 0 Å². The first-order valence-corrected chi connectivity index (χ1v) is 6.64. The molecule has 0 aliphatic heterocycles. The van der Waals surface area contributed by atoms with Gasteiger partial charge in [-0.25, -0.2) is 4.68 Å². The first kappa shape index (κ1) is 13.2. The van der Waals surface area contributed by atoms with E-state index < -0.39 is 0 Å². The standard InChI is InChI=1S/C15H16N4O2/c1-11-17-15(19(2)18-11)16-10-13-8-9-14(21-13)20-12-6-4-3-5-7-12/h3-9H,10H2,1-2H3,(H,16,17,18). The molecule has 2 heterocycles. The lowest BCUT2D eigenvalue weighted by molar-refractivity contribution is 0.334. The van der Waals surface area contributed by atoms with Crippen LogP contribution in [0.2, 0.25) is 0 Å². The van der Waals surface area contributed by atoms with Crippen LogP contribution in [0, 0.1) is 6.92 Å². The number of hydrogen-bond donors (Lipinski definition) is 1. The van der Waals surface area contributed by atoms with Crippen LogP contribution in [0.25, 0.3) is 0 Å². The Balaban J connectivity index is 1.61. The van der Waals surface area contributed by atoms with Crippen molar-refractivity contribution in [2.45, 2.75) is 13.5 Å². The van der Waals surface area contributed by atoms with Gasteiger partial charge >= 0.3 is 0 Å². The molecule has 0 bridgehead atoms. The lowest BCUT2D eigenvalue weighted by Gasteiger charge is -2.03. The van der Waals surface area contributed by atoms with Crippen LogP contribution in [-0.2, 0) is 13.6 Å². The Kier molecular flexibility index (Phi) is 3.59. The molecule has 0 aliphatic rings. The minimum absolute atomic E-state index is 0.465. The molecule has 6 heteroatoms. The fourth-order valence-electron chi connectivity index (χ4n) is 1.95. The number of rotatable bonds is 5. The molecule has 0 saturated carbocycles. The zero-order chi connectivity index (χ0) is 14.7. The third kappa shape index (κ3) is 3.22. The number of para-hydroxylation sites is 1. The molecule has 21 heavy (non-hydrogen) atoms. The van der Waals surface area contributed by atoms with Gasteiger partial charge in [0.15, 0.2) is 0 Å². The van der Waals surface area contributed by atoms with Crippen molar-refractivity contribution in [3.05, 3.63) is 54.0 Å². The average molecular weight is 284 g/mol. The van der Waals surface area contributed by atoms with E-state index in [1.807, 2.05) is 50.4 Å². The minimum Gasteiger partial charge on any atom is -0.429 e. The Labute approximate surface area is 122 Å². The molecule has 0 radical (unpaired) electrons. The summed E-state index contributed by atoms with van der Waals surface area (Å²) >= 11 is 0. The maximum absolute atomic E-state index is 5.61. The Bertz CT molecular complexity index is 718. The van der Waals surface area contributed by atoms with E-state index in [1.165, 1.54) is 0 Å². The van der Waals surface area contributed by atoms with E-state index in [0.29, 0.717) is 18.4 Å². The molecular weight excluding hydrogens is 268 g/mol. The number of hydrogen-bond acceptors (Lipinski definition) is 5. The first-order valence-electron chi connectivity index (χ1n) is 6.64. The largest absolute Gasteiger partial charge is 0.429 e. The van der Waals surface area contributed by atoms with E-state index in [4.69, 9.17) is 9.15 Å². The zero-order valence-electron chi connectivity index (χ0n) is 11.9. The maximum atomic E-state index is 5.61. The summed E-state index contributed by atoms with van der Waals surface area (Å²) in [6, 6.07) is 13.2. The summed E-state index contributed by atoms with van der Waals surface area (Å²) in [6.07, 6.45) is 0. The van der Waals surface area contributed by atoms with Gasteiger partial charge in [-0.05, 0) is 25.1 Å². The van der Waals surface area contributed by atoms with E-state index in [2.05, 4.69) is 15.4 Å². The highest BCUT2D eigenvalue weighted by Gasteiger charge is 2.07. The summed E-state index contributed by atoms with van der Waals surface area (Å²) in [7, 11) is 1.84. The molecule has 108 valence electrons. The molecule has 0 atom stereocenters. The Morgan fingerprint density at radius 2 is 2.00 bits per heavy atom. The summed E-state index contributed by atoms with van der Waals surface area (Å²) in [4.78, 5) is 4.27. The molecule has 0 spiro atoms. The van der Waals surface area contributed by atoms with Gasteiger partial charge in [-0.3, -0.25) is 0 Å². The predicted molar refractivity (Wildman–Crippen MR) is 78.3 cm³/mol. The number of furan rings is 1. The number of ether oxygens (including phenoxy) is 1. The Morgan fingerprint density at radius 1 is 1.19 bits per heavy atom. The third-order valence-corrected chi connectivity index (χ3v) is 2.89. The van der Waals surface area contributed by atoms with Crippen LogP contribution in [0.15, 0.2) is 46.9 Å². The molecule has 0 fully saturated rings. The lowest BCUT2D eigenvalue weighted by atomic mass is 10.3. The summed E-state index contributed by atoms with van der Waals surface area (Å²) in [5, 5.41) is 7.34. The number of aromatic nitrogens is 3. The number of nitrogens with one attached hydrogen (secondary N) is 1. The van der Waals surface area contributed by atoms with E-state index in [1.54, 1.807) is 10.7 Å². The summed E-state index contributed by atoms with van der Waals surface area (Å²) in [6.45, 7) is 2.37. The van der Waals surface area contributed by atoms with Crippen LogP contribution in [-0.4, -0.2) is 14.8 Å². The van der Waals surface area contributed by atoms with Gasteiger partial charge in [0.2, 0.25) is 5.95 Å². The van der Waals surface area contributed by atoms with Crippen molar-refractivity contribution in [1.29, 1.82) is 0 Å². The molecule has 0 aliphatic carbocycles. The SMILES string of the molecule is Cc1nc(NCc2ccc(Oc3ccccc3)o2)n(C)n1. The smallest absolute Gasteiger partial charge is 0.290 e. The average Bonchev–Trinajstić information content (AvgIpc) is 3.04. The highest BCUT2D eigenvalue weighted by Crippen LogP contribution is 2.23. The van der Waals surface area contributed by atoms with Crippen molar-refractivity contribution in [2.24, 2.45) is 7.05 Å². The molecular formula is C15H16N4O2. The van der Waals surface area contributed by atoms with Crippen molar-refractivity contribution >= 4 is 5.95 Å². The van der Waals surface area contributed by atoms with Gasteiger partial charge in [-0.2, -0.15) is 10.1 Å². The Hall–Kier alpha value is -2.76. The zero-order valence-corrected chi connectivity index (χ0v) is 11.9. The molecule has 1 aromatic carbocycles. The van der Waals surface area contributed by atoms with E-state index in [0.717, 1.165) is 17.3 Å². The van der Waals surface area contributed by atoms with Crippen LogP contribution in [0.1, 0.15) is 11.6 Å². The van der Waals surface area contributed by atoms with Crippen LogP contribution in [0.4, 0.5) is 5.95 Å². The molecule has 2 aromatic heterocycles. The molecule has 1 N–H and O–H groups in total. The molecule has 3 aromatic rings. The van der Waals surface area contributed by atoms with E-state index in [-0.39, 0.29) is 0 Å². The fraction of sp³-hybridized carbons (Fsp3) is 0.200. The van der Waals surface area contributed by atoms with Crippen LogP contribution >= 0.6 is 0 Å². The third-order valence-electron chi connectivity index (χ3n) is 2.89. The Morgan fingerprint density at radius 3 is 2.71 bits per heavy atom. The molecule has 6 nitrogen and oxygen atoms in total. The number of anilines is 1. The second-order valence-corrected chi connectivity index (χ2v) is 4.60. The molecule has 0 amide bonds. The summed E-state index contributed by atoms with van der Waals surface area (Å²) in [5.41, 5.74) is 0. The van der Waals surface area contributed by atoms with E-state index >= 15 is 0 Å². The number of benzene rings is 1. The van der Waals surface area contributed by atoms with Crippen molar-refractivity contribution in [3.8, 4) is 11.7 Å². The molecule has 0 saturated heterocycles. The summed E-state index contributed by atoms with van der Waals surface area (Å²) in [5.74, 6) is 3.41. The second kappa shape index (κ2) is 5.70. The molecule has 3 rings (SSSR count). The van der Waals surface area contributed by atoms with Gasteiger partial charge in [0.1, 0.15) is 17.3 Å². The second-order valence-electron chi connectivity index (χ2n) is 4.60. The van der Waals surface area contributed by atoms with Crippen LogP contribution < -0.4 is 10.1 Å². The fourth-order valence-corrected chi connectivity index (χ4v) is 1.95. The first-order chi connectivity index (χ1) is 10.2. The number of nitrogens with zero attached hydrogens (tertiary/aromatic N) is 3. The topological polar surface area (TPSA) is 65.1 Å². The highest BCUT2D eigenvalue weighted by molar-refractivity contribution is 5.28. The van der Waals surface area contributed by atoms with Crippen molar-refractivity contribution in [1.82, 2.24) is 14.8 Å². The minimum atomic E-state index is 0.465. The normalized spacial score (nSPS) is 10.6. The van der Waals surface area contributed by atoms with Crippen molar-refractivity contribution in [2.75, 3.05) is 5.32 Å². The van der Waals surface area contributed by atoms with Gasteiger partial charge in [0.05, 0.1) is 6.54 Å².